The monoisotopic (exact) mass is 267 g/mol. The molecular formula is C14H21NO4. The standard InChI is InChI=1S/C14H21NO4/c1-11(12-5-4-6-13(9-12)18-3)15-14(16)10-19-8-7-17-2/h4-6,9,11H,7-8,10H2,1-3H3,(H,15,16)/t11-/m1/s1. The van der Waals surface area contributed by atoms with Crippen LogP contribution in [0.15, 0.2) is 24.3 Å². The number of nitrogens with one attached hydrogen (secondary N) is 1. The van der Waals surface area contributed by atoms with Crippen LogP contribution in [-0.2, 0) is 14.3 Å². The third-order valence-corrected chi connectivity index (χ3v) is 2.64. The second-order valence-corrected chi connectivity index (χ2v) is 4.11. The molecule has 1 atom stereocenters. The fourth-order valence-corrected chi connectivity index (χ4v) is 1.58. The van der Waals surface area contributed by atoms with Gasteiger partial charge in [0.05, 0.1) is 26.4 Å². The minimum atomic E-state index is -0.147. The number of carbonyl (C=O) groups excluding carboxylic acids is 1. The summed E-state index contributed by atoms with van der Waals surface area (Å²) in [4.78, 5) is 11.6. The van der Waals surface area contributed by atoms with Crippen LogP contribution >= 0.6 is 0 Å². The van der Waals surface area contributed by atoms with E-state index in [0.717, 1.165) is 11.3 Å². The van der Waals surface area contributed by atoms with Crippen molar-refractivity contribution < 1.29 is 19.0 Å². The van der Waals surface area contributed by atoms with E-state index >= 15 is 0 Å². The highest BCUT2D eigenvalue weighted by Gasteiger charge is 2.10. The van der Waals surface area contributed by atoms with E-state index in [1.165, 1.54) is 0 Å². The number of ether oxygens (including phenoxy) is 3. The molecule has 1 rings (SSSR count). The van der Waals surface area contributed by atoms with Crippen molar-refractivity contribution in [1.29, 1.82) is 0 Å². The lowest BCUT2D eigenvalue weighted by Crippen LogP contribution is -2.30. The molecule has 0 saturated heterocycles. The molecule has 0 radical (unpaired) electrons. The summed E-state index contributed by atoms with van der Waals surface area (Å²) in [5.41, 5.74) is 0.990. The van der Waals surface area contributed by atoms with Crippen molar-refractivity contribution in [2.24, 2.45) is 0 Å². The fourth-order valence-electron chi connectivity index (χ4n) is 1.58. The van der Waals surface area contributed by atoms with Crippen LogP contribution in [0.3, 0.4) is 0 Å². The van der Waals surface area contributed by atoms with Crippen molar-refractivity contribution >= 4 is 5.91 Å². The molecule has 5 nitrogen and oxygen atoms in total. The number of amides is 1. The summed E-state index contributed by atoms with van der Waals surface area (Å²) in [5, 5.41) is 2.86. The van der Waals surface area contributed by atoms with Crippen molar-refractivity contribution in [3.05, 3.63) is 29.8 Å². The fraction of sp³-hybridized carbons (Fsp3) is 0.500. The van der Waals surface area contributed by atoms with E-state index in [4.69, 9.17) is 14.2 Å². The Morgan fingerprint density at radius 3 is 2.79 bits per heavy atom. The zero-order chi connectivity index (χ0) is 14.1. The third-order valence-electron chi connectivity index (χ3n) is 2.64. The van der Waals surface area contributed by atoms with Gasteiger partial charge in [0.1, 0.15) is 12.4 Å². The molecule has 0 aliphatic heterocycles. The van der Waals surface area contributed by atoms with Gasteiger partial charge in [-0.15, -0.1) is 0 Å². The molecule has 0 aliphatic carbocycles. The maximum atomic E-state index is 11.6. The molecule has 5 heteroatoms. The lowest BCUT2D eigenvalue weighted by atomic mass is 10.1. The Morgan fingerprint density at radius 1 is 1.32 bits per heavy atom. The van der Waals surface area contributed by atoms with Crippen LogP contribution in [0.1, 0.15) is 18.5 Å². The molecule has 1 N–H and O–H groups in total. The van der Waals surface area contributed by atoms with Gasteiger partial charge in [-0.3, -0.25) is 4.79 Å². The smallest absolute Gasteiger partial charge is 0.246 e. The van der Waals surface area contributed by atoms with E-state index in [2.05, 4.69) is 5.32 Å². The molecule has 0 unspecified atom stereocenters. The van der Waals surface area contributed by atoms with Crippen LogP contribution in [0.4, 0.5) is 0 Å². The van der Waals surface area contributed by atoms with Crippen LogP contribution in [0, 0.1) is 0 Å². The van der Waals surface area contributed by atoms with Crippen molar-refractivity contribution in [3.63, 3.8) is 0 Å². The molecule has 1 aromatic rings. The van der Waals surface area contributed by atoms with Crippen LogP contribution in [0.5, 0.6) is 5.75 Å². The van der Waals surface area contributed by atoms with Gasteiger partial charge in [0.15, 0.2) is 0 Å². The summed E-state index contributed by atoms with van der Waals surface area (Å²) < 4.78 is 15.1. The first-order valence-corrected chi connectivity index (χ1v) is 6.17. The maximum Gasteiger partial charge on any atom is 0.246 e. The summed E-state index contributed by atoms with van der Waals surface area (Å²) >= 11 is 0. The van der Waals surface area contributed by atoms with Crippen molar-refractivity contribution in [2.45, 2.75) is 13.0 Å². The topological polar surface area (TPSA) is 56.8 Å². The third kappa shape index (κ3) is 5.72. The van der Waals surface area contributed by atoms with E-state index in [9.17, 15) is 4.79 Å². The molecule has 0 aliphatic rings. The van der Waals surface area contributed by atoms with Gasteiger partial charge >= 0.3 is 0 Å². The zero-order valence-corrected chi connectivity index (χ0v) is 11.6. The number of methoxy groups -OCH3 is 2. The molecule has 19 heavy (non-hydrogen) atoms. The number of rotatable bonds is 8. The first-order valence-electron chi connectivity index (χ1n) is 6.17. The predicted molar refractivity (Wildman–Crippen MR) is 72.2 cm³/mol. The van der Waals surface area contributed by atoms with Gasteiger partial charge < -0.3 is 19.5 Å². The van der Waals surface area contributed by atoms with E-state index in [1.54, 1.807) is 14.2 Å². The Labute approximate surface area is 113 Å². The van der Waals surface area contributed by atoms with Gasteiger partial charge in [-0.1, -0.05) is 12.1 Å². The first-order chi connectivity index (χ1) is 9.17. The van der Waals surface area contributed by atoms with Gasteiger partial charge in [0, 0.05) is 7.11 Å². The van der Waals surface area contributed by atoms with E-state index < -0.39 is 0 Å². The predicted octanol–water partition coefficient (Wildman–Crippen LogP) is 1.54. The van der Waals surface area contributed by atoms with Crippen molar-refractivity contribution in [3.8, 4) is 5.75 Å². The number of benzene rings is 1. The lowest BCUT2D eigenvalue weighted by Gasteiger charge is -2.15. The Balaban J connectivity index is 2.40. The Hall–Kier alpha value is -1.59. The van der Waals surface area contributed by atoms with Gasteiger partial charge in [0.2, 0.25) is 5.91 Å². The minimum Gasteiger partial charge on any atom is -0.497 e. The molecule has 0 bridgehead atoms. The number of carbonyl (C=O) groups is 1. The summed E-state index contributed by atoms with van der Waals surface area (Å²) in [7, 11) is 3.21. The highest BCUT2D eigenvalue weighted by atomic mass is 16.5. The maximum absolute atomic E-state index is 11.6. The van der Waals surface area contributed by atoms with E-state index in [1.807, 2.05) is 31.2 Å². The molecule has 0 fully saturated rings. The molecule has 106 valence electrons. The van der Waals surface area contributed by atoms with Gasteiger partial charge in [-0.2, -0.15) is 0 Å². The molecule has 1 aromatic carbocycles. The molecule has 0 aromatic heterocycles. The van der Waals surface area contributed by atoms with Crippen molar-refractivity contribution in [1.82, 2.24) is 5.32 Å². The molecule has 1 amide bonds. The first kappa shape index (κ1) is 15.5. The Bertz CT molecular complexity index is 395. The summed E-state index contributed by atoms with van der Waals surface area (Å²) in [6, 6.07) is 7.52. The van der Waals surface area contributed by atoms with Crippen LogP contribution < -0.4 is 10.1 Å². The normalized spacial score (nSPS) is 11.9. The number of hydrogen-bond donors (Lipinski definition) is 1. The largest absolute Gasteiger partial charge is 0.497 e. The van der Waals surface area contributed by atoms with Crippen LogP contribution in [-0.4, -0.2) is 39.9 Å². The molecular weight excluding hydrogens is 246 g/mol. The second-order valence-electron chi connectivity index (χ2n) is 4.11. The Morgan fingerprint density at radius 2 is 2.11 bits per heavy atom. The Kier molecular flexibility index (Phi) is 6.92. The second kappa shape index (κ2) is 8.50. The SMILES string of the molecule is COCCOCC(=O)N[C@H](C)c1cccc(OC)c1. The van der Waals surface area contributed by atoms with Gasteiger partial charge in [0.25, 0.3) is 0 Å². The average Bonchev–Trinajstić information content (AvgIpc) is 2.43. The average molecular weight is 267 g/mol. The summed E-state index contributed by atoms with van der Waals surface area (Å²) in [5.74, 6) is 0.626. The summed E-state index contributed by atoms with van der Waals surface area (Å²) in [6.45, 7) is 2.86. The van der Waals surface area contributed by atoms with Gasteiger partial charge in [-0.05, 0) is 24.6 Å². The van der Waals surface area contributed by atoms with E-state index in [0.29, 0.717) is 13.2 Å². The quantitative estimate of drug-likeness (QED) is 0.726. The number of hydrogen-bond acceptors (Lipinski definition) is 4. The molecule has 0 heterocycles. The lowest BCUT2D eigenvalue weighted by molar-refractivity contribution is -0.126. The zero-order valence-electron chi connectivity index (χ0n) is 11.6. The van der Waals surface area contributed by atoms with Crippen LogP contribution in [0.25, 0.3) is 0 Å². The highest BCUT2D eigenvalue weighted by Crippen LogP contribution is 2.18. The minimum absolute atomic E-state index is 0.0394. The van der Waals surface area contributed by atoms with Crippen LogP contribution in [0.2, 0.25) is 0 Å². The van der Waals surface area contributed by atoms with Gasteiger partial charge in [-0.25, -0.2) is 0 Å². The van der Waals surface area contributed by atoms with Crippen molar-refractivity contribution in [2.75, 3.05) is 34.0 Å². The molecule has 0 saturated carbocycles. The summed E-state index contributed by atoms with van der Waals surface area (Å²) in [6.07, 6.45) is 0. The van der Waals surface area contributed by atoms with E-state index in [-0.39, 0.29) is 18.6 Å². The highest BCUT2D eigenvalue weighted by molar-refractivity contribution is 5.77. The molecule has 0 spiro atoms.